The SMILES string of the molecule is COc1ccc(SCC(=O)Nc2cc(C)nn2-c2nc3c(Cl)cccc3s2)cc1. The number of methoxy groups -OCH3 is 1. The van der Waals surface area contributed by atoms with E-state index in [1.165, 1.54) is 23.1 Å². The summed E-state index contributed by atoms with van der Waals surface area (Å²) < 4.78 is 7.76. The first-order valence-electron chi connectivity index (χ1n) is 8.72. The number of carbonyl (C=O) groups excluding carboxylic acids is 1. The molecular formula is C20H17ClN4O2S2. The summed E-state index contributed by atoms with van der Waals surface area (Å²) in [6, 6.07) is 15.1. The number of rotatable bonds is 6. The van der Waals surface area contributed by atoms with Crippen LogP contribution >= 0.6 is 34.7 Å². The predicted octanol–water partition coefficient (Wildman–Crippen LogP) is 5.18. The summed E-state index contributed by atoms with van der Waals surface area (Å²) in [6.45, 7) is 1.87. The molecule has 0 radical (unpaired) electrons. The Morgan fingerprint density at radius 1 is 1.28 bits per heavy atom. The van der Waals surface area contributed by atoms with Crippen LogP contribution in [-0.4, -0.2) is 33.5 Å². The molecule has 0 unspecified atom stereocenters. The molecule has 1 amide bonds. The zero-order valence-electron chi connectivity index (χ0n) is 15.7. The van der Waals surface area contributed by atoms with Gasteiger partial charge in [0.05, 0.1) is 28.3 Å². The normalized spacial score (nSPS) is 11.0. The number of hydrogen-bond acceptors (Lipinski definition) is 6. The van der Waals surface area contributed by atoms with Gasteiger partial charge in [-0.25, -0.2) is 4.98 Å². The number of thioether (sulfide) groups is 1. The standard InChI is InChI=1S/C20H17ClN4O2S2/c1-12-10-17(22-18(26)11-28-14-8-6-13(27-2)7-9-14)25(24-12)20-23-19-15(21)4-3-5-16(19)29-20/h3-10H,11H2,1-2H3,(H,22,26). The number of amides is 1. The van der Waals surface area contributed by atoms with Gasteiger partial charge in [0.25, 0.3) is 0 Å². The van der Waals surface area contributed by atoms with Gasteiger partial charge >= 0.3 is 0 Å². The van der Waals surface area contributed by atoms with Gasteiger partial charge in [-0.05, 0) is 43.3 Å². The number of hydrogen-bond donors (Lipinski definition) is 1. The van der Waals surface area contributed by atoms with Gasteiger partial charge < -0.3 is 10.1 Å². The number of halogens is 1. The molecule has 2 aromatic carbocycles. The van der Waals surface area contributed by atoms with Crippen LogP contribution in [0.3, 0.4) is 0 Å². The first kappa shape index (κ1) is 19.8. The number of nitrogens with zero attached hydrogens (tertiary/aromatic N) is 3. The van der Waals surface area contributed by atoms with Crippen LogP contribution in [0.1, 0.15) is 5.69 Å². The minimum absolute atomic E-state index is 0.119. The molecule has 29 heavy (non-hydrogen) atoms. The largest absolute Gasteiger partial charge is 0.497 e. The van der Waals surface area contributed by atoms with Gasteiger partial charge in [0.2, 0.25) is 11.0 Å². The van der Waals surface area contributed by atoms with E-state index in [4.69, 9.17) is 16.3 Å². The van der Waals surface area contributed by atoms with Gasteiger partial charge in [-0.1, -0.05) is 29.0 Å². The van der Waals surface area contributed by atoms with E-state index in [0.29, 0.717) is 16.0 Å². The lowest BCUT2D eigenvalue weighted by Crippen LogP contribution is -2.16. The maximum atomic E-state index is 12.5. The number of thiazole rings is 1. The quantitative estimate of drug-likeness (QED) is 0.415. The van der Waals surface area contributed by atoms with Crippen LogP contribution < -0.4 is 10.1 Å². The fourth-order valence-electron chi connectivity index (χ4n) is 2.73. The zero-order chi connectivity index (χ0) is 20.4. The van der Waals surface area contributed by atoms with E-state index in [9.17, 15) is 4.79 Å². The van der Waals surface area contributed by atoms with E-state index in [1.807, 2.05) is 49.4 Å². The molecule has 0 saturated heterocycles. The topological polar surface area (TPSA) is 69.0 Å². The van der Waals surface area contributed by atoms with Crippen molar-refractivity contribution in [1.29, 1.82) is 0 Å². The summed E-state index contributed by atoms with van der Waals surface area (Å²) in [4.78, 5) is 18.1. The number of fused-ring (bicyclic) bond motifs is 1. The number of nitrogens with one attached hydrogen (secondary N) is 1. The summed E-state index contributed by atoms with van der Waals surface area (Å²) in [7, 11) is 1.63. The van der Waals surface area contributed by atoms with Crippen molar-refractivity contribution in [2.75, 3.05) is 18.2 Å². The van der Waals surface area contributed by atoms with Crippen molar-refractivity contribution in [2.45, 2.75) is 11.8 Å². The summed E-state index contributed by atoms with van der Waals surface area (Å²) >= 11 is 9.16. The molecule has 0 aliphatic carbocycles. The molecule has 2 heterocycles. The summed E-state index contributed by atoms with van der Waals surface area (Å²) in [6.07, 6.45) is 0. The highest BCUT2D eigenvalue weighted by atomic mass is 35.5. The van der Waals surface area contributed by atoms with Crippen LogP contribution in [0.4, 0.5) is 5.82 Å². The smallest absolute Gasteiger partial charge is 0.235 e. The Labute approximate surface area is 180 Å². The summed E-state index contributed by atoms with van der Waals surface area (Å²) in [5.74, 6) is 1.53. The number of para-hydroxylation sites is 1. The Morgan fingerprint density at radius 2 is 2.07 bits per heavy atom. The number of carbonyl (C=O) groups is 1. The van der Waals surface area contributed by atoms with Crippen LogP contribution in [-0.2, 0) is 4.79 Å². The van der Waals surface area contributed by atoms with Crippen molar-refractivity contribution < 1.29 is 9.53 Å². The maximum Gasteiger partial charge on any atom is 0.235 e. The third-order valence-corrected chi connectivity index (χ3v) is 6.38. The molecule has 4 rings (SSSR count). The fourth-order valence-corrected chi connectivity index (χ4v) is 4.66. The van der Waals surface area contributed by atoms with E-state index in [1.54, 1.807) is 17.9 Å². The maximum absolute atomic E-state index is 12.5. The number of ether oxygens (including phenoxy) is 1. The van der Waals surface area contributed by atoms with Crippen molar-refractivity contribution in [1.82, 2.24) is 14.8 Å². The van der Waals surface area contributed by atoms with Crippen LogP contribution in [0, 0.1) is 6.92 Å². The average Bonchev–Trinajstić information content (AvgIpc) is 3.31. The van der Waals surface area contributed by atoms with Crippen LogP contribution in [0.5, 0.6) is 5.75 Å². The van der Waals surface area contributed by atoms with E-state index >= 15 is 0 Å². The zero-order valence-corrected chi connectivity index (χ0v) is 18.1. The molecule has 0 bridgehead atoms. The molecule has 9 heteroatoms. The number of anilines is 1. The van der Waals surface area contributed by atoms with Crippen molar-refractivity contribution in [3.8, 4) is 10.9 Å². The monoisotopic (exact) mass is 444 g/mol. The van der Waals surface area contributed by atoms with Gasteiger partial charge in [0, 0.05) is 11.0 Å². The van der Waals surface area contributed by atoms with Gasteiger partial charge in [-0.15, -0.1) is 11.8 Å². The Bertz CT molecular complexity index is 1170. The molecule has 6 nitrogen and oxygen atoms in total. The predicted molar refractivity (Wildman–Crippen MR) is 119 cm³/mol. The number of benzene rings is 2. The Hall–Kier alpha value is -2.55. The highest BCUT2D eigenvalue weighted by molar-refractivity contribution is 8.00. The molecule has 0 spiro atoms. The molecule has 148 valence electrons. The van der Waals surface area contributed by atoms with Crippen molar-refractivity contribution in [3.63, 3.8) is 0 Å². The van der Waals surface area contributed by atoms with Crippen LogP contribution in [0.25, 0.3) is 15.3 Å². The van der Waals surface area contributed by atoms with Crippen LogP contribution in [0.15, 0.2) is 53.4 Å². The van der Waals surface area contributed by atoms with Crippen molar-refractivity contribution >= 4 is 56.6 Å². The first-order chi connectivity index (χ1) is 14.0. The third-order valence-electron chi connectivity index (χ3n) is 4.07. The second-order valence-corrected chi connectivity index (χ2v) is 8.64. The molecule has 0 aliphatic heterocycles. The molecule has 0 aliphatic rings. The second-order valence-electron chi connectivity index (χ2n) is 6.18. The lowest BCUT2D eigenvalue weighted by atomic mass is 10.3. The lowest BCUT2D eigenvalue weighted by Gasteiger charge is -2.07. The fraction of sp³-hybridized carbons (Fsp3) is 0.150. The minimum Gasteiger partial charge on any atom is -0.497 e. The molecule has 0 saturated carbocycles. The van der Waals surface area contributed by atoms with E-state index in [-0.39, 0.29) is 11.7 Å². The molecule has 2 aromatic heterocycles. The van der Waals surface area contributed by atoms with Gasteiger partial charge in [0.1, 0.15) is 17.1 Å². The summed E-state index contributed by atoms with van der Waals surface area (Å²) in [5, 5.41) is 8.66. The Balaban J connectivity index is 1.50. The molecule has 0 atom stereocenters. The van der Waals surface area contributed by atoms with Crippen LogP contribution in [0.2, 0.25) is 5.02 Å². The third kappa shape index (κ3) is 4.39. The highest BCUT2D eigenvalue weighted by Gasteiger charge is 2.15. The highest BCUT2D eigenvalue weighted by Crippen LogP contribution is 2.31. The summed E-state index contributed by atoms with van der Waals surface area (Å²) in [5.41, 5.74) is 1.52. The molecule has 0 fully saturated rings. The number of aromatic nitrogens is 3. The minimum atomic E-state index is -0.119. The lowest BCUT2D eigenvalue weighted by molar-refractivity contribution is -0.113. The molecule has 4 aromatic rings. The van der Waals surface area contributed by atoms with Crippen molar-refractivity contribution in [2.24, 2.45) is 0 Å². The first-order valence-corrected chi connectivity index (χ1v) is 10.9. The van der Waals surface area contributed by atoms with Gasteiger partial charge in [-0.3, -0.25) is 4.79 Å². The Morgan fingerprint density at radius 3 is 2.79 bits per heavy atom. The van der Waals surface area contributed by atoms with Crippen molar-refractivity contribution in [3.05, 3.63) is 59.2 Å². The number of aryl methyl sites for hydroxylation is 1. The van der Waals surface area contributed by atoms with E-state index < -0.39 is 0 Å². The second kappa shape index (κ2) is 8.44. The van der Waals surface area contributed by atoms with Gasteiger partial charge in [-0.2, -0.15) is 9.78 Å². The Kier molecular flexibility index (Phi) is 5.75. The molecular weight excluding hydrogens is 428 g/mol. The van der Waals surface area contributed by atoms with E-state index in [2.05, 4.69) is 15.4 Å². The average molecular weight is 445 g/mol. The van der Waals surface area contributed by atoms with E-state index in [0.717, 1.165) is 26.6 Å². The van der Waals surface area contributed by atoms with Gasteiger partial charge in [0.15, 0.2) is 0 Å². The molecule has 1 N–H and O–H groups in total.